The standard InChI is InChI=1S/C14H22N2O4/c1-8-4-6-16(11(8)13(17)18)14(19)15-10-5-7-20-12(10)9-2-3-9/h8-12H,2-7H2,1H3,(H,15,19)(H,17,18). The summed E-state index contributed by atoms with van der Waals surface area (Å²) in [5, 5.41) is 12.3. The minimum atomic E-state index is -0.911. The number of carbonyl (C=O) groups excluding carboxylic acids is 1. The van der Waals surface area contributed by atoms with Crippen LogP contribution in [0.1, 0.15) is 32.6 Å². The van der Waals surface area contributed by atoms with Gasteiger partial charge in [0.05, 0.1) is 12.1 Å². The Hall–Kier alpha value is -1.30. The van der Waals surface area contributed by atoms with Crippen molar-refractivity contribution in [3.05, 3.63) is 0 Å². The van der Waals surface area contributed by atoms with Crippen molar-refractivity contribution >= 4 is 12.0 Å². The number of nitrogens with zero attached hydrogens (tertiary/aromatic N) is 1. The molecule has 3 fully saturated rings. The maximum Gasteiger partial charge on any atom is 0.326 e. The van der Waals surface area contributed by atoms with Crippen LogP contribution in [0, 0.1) is 11.8 Å². The number of rotatable bonds is 3. The summed E-state index contributed by atoms with van der Waals surface area (Å²) in [5.41, 5.74) is 0. The molecular weight excluding hydrogens is 260 g/mol. The van der Waals surface area contributed by atoms with E-state index < -0.39 is 12.0 Å². The predicted molar refractivity (Wildman–Crippen MR) is 71.3 cm³/mol. The third kappa shape index (κ3) is 2.49. The molecule has 3 rings (SSSR count). The number of aliphatic carboxylic acids is 1. The Morgan fingerprint density at radius 1 is 1.25 bits per heavy atom. The molecule has 6 nitrogen and oxygen atoms in total. The predicted octanol–water partition coefficient (Wildman–Crippen LogP) is 1.06. The van der Waals surface area contributed by atoms with Crippen molar-refractivity contribution in [1.29, 1.82) is 0 Å². The molecule has 0 bridgehead atoms. The lowest BCUT2D eigenvalue weighted by Crippen LogP contribution is -2.52. The maximum absolute atomic E-state index is 12.3. The number of hydrogen-bond acceptors (Lipinski definition) is 3. The molecule has 3 aliphatic rings. The molecule has 0 aromatic carbocycles. The Kier molecular flexibility index (Phi) is 3.58. The van der Waals surface area contributed by atoms with Gasteiger partial charge in [0.1, 0.15) is 6.04 Å². The largest absolute Gasteiger partial charge is 0.480 e. The molecular formula is C14H22N2O4. The molecule has 0 radical (unpaired) electrons. The number of carbonyl (C=O) groups is 2. The fraction of sp³-hybridized carbons (Fsp3) is 0.857. The highest BCUT2D eigenvalue weighted by molar-refractivity contribution is 5.83. The zero-order valence-corrected chi connectivity index (χ0v) is 11.7. The average molecular weight is 282 g/mol. The summed E-state index contributed by atoms with van der Waals surface area (Å²) >= 11 is 0. The zero-order chi connectivity index (χ0) is 14.3. The van der Waals surface area contributed by atoms with E-state index in [4.69, 9.17) is 4.74 Å². The van der Waals surface area contributed by atoms with E-state index in [0.717, 1.165) is 12.8 Å². The smallest absolute Gasteiger partial charge is 0.326 e. The molecule has 2 N–H and O–H groups in total. The highest BCUT2D eigenvalue weighted by Gasteiger charge is 2.44. The van der Waals surface area contributed by atoms with Crippen molar-refractivity contribution in [2.24, 2.45) is 11.8 Å². The Morgan fingerprint density at radius 2 is 2.00 bits per heavy atom. The van der Waals surface area contributed by atoms with Crippen molar-refractivity contribution in [2.75, 3.05) is 13.2 Å². The van der Waals surface area contributed by atoms with Gasteiger partial charge in [-0.05, 0) is 37.5 Å². The van der Waals surface area contributed by atoms with Crippen LogP contribution in [0.4, 0.5) is 4.79 Å². The summed E-state index contributed by atoms with van der Waals surface area (Å²) in [4.78, 5) is 25.1. The van der Waals surface area contributed by atoms with Crippen LogP contribution < -0.4 is 5.32 Å². The van der Waals surface area contributed by atoms with Crippen LogP contribution in [-0.2, 0) is 9.53 Å². The highest BCUT2D eigenvalue weighted by Crippen LogP contribution is 2.38. The van der Waals surface area contributed by atoms with E-state index in [1.165, 1.54) is 17.7 Å². The number of carboxylic acid groups (broad SMARTS) is 1. The minimum Gasteiger partial charge on any atom is -0.480 e. The van der Waals surface area contributed by atoms with Gasteiger partial charge in [0.25, 0.3) is 0 Å². The fourth-order valence-corrected chi connectivity index (χ4v) is 3.45. The second kappa shape index (κ2) is 5.24. The van der Waals surface area contributed by atoms with Gasteiger partial charge in [-0.2, -0.15) is 0 Å². The molecule has 4 unspecified atom stereocenters. The Balaban J connectivity index is 1.62. The van der Waals surface area contributed by atoms with E-state index in [9.17, 15) is 14.7 Å². The van der Waals surface area contributed by atoms with E-state index in [1.54, 1.807) is 0 Å². The molecule has 2 aliphatic heterocycles. The van der Waals surface area contributed by atoms with Crippen LogP contribution in [0.25, 0.3) is 0 Å². The zero-order valence-electron chi connectivity index (χ0n) is 11.7. The number of amides is 2. The maximum atomic E-state index is 12.3. The lowest BCUT2D eigenvalue weighted by molar-refractivity contribution is -0.142. The molecule has 0 aromatic rings. The molecule has 0 aromatic heterocycles. The van der Waals surface area contributed by atoms with Gasteiger partial charge < -0.3 is 20.1 Å². The molecule has 0 spiro atoms. The topological polar surface area (TPSA) is 78.9 Å². The van der Waals surface area contributed by atoms with Crippen LogP contribution in [0.15, 0.2) is 0 Å². The van der Waals surface area contributed by atoms with E-state index in [1.807, 2.05) is 6.92 Å². The number of urea groups is 1. The van der Waals surface area contributed by atoms with Crippen LogP contribution in [0.2, 0.25) is 0 Å². The van der Waals surface area contributed by atoms with Crippen LogP contribution in [-0.4, -0.2) is 53.3 Å². The Labute approximate surface area is 118 Å². The first kappa shape index (κ1) is 13.7. The van der Waals surface area contributed by atoms with Gasteiger partial charge in [-0.25, -0.2) is 9.59 Å². The quantitative estimate of drug-likeness (QED) is 0.811. The fourth-order valence-electron chi connectivity index (χ4n) is 3.45. The van der Waals surface area contributed by atoms with Gasteiger partial charge in [-0.15, -0.1) is 0 Å². The number of ether oxygens (including phenoxy) is 1. The normalized spacial score (nSPS) is 37.1. The van der Waals surface area contributed by atoms with Crippen molar-refractivity contribution in [2.45, 2.75) is 50.8 Å². The SMILES string of the molecule is CC1CCN(C(=O)NC2CCOC2C2CC2)C1C(=O)O. The summed E-state index contributed by atoms with van der Waals surface area (Å²) < 4.78 is 5.70. The third-order valence-electron chi connectivity index (χ3n) is 4.75. The summed E-state index contributed by atoms with van der Waals surface area (Å²) in [7, 11) is 0. The second-order valence-electron chi connectivity index (χ2n) is 6.26. The molecule has 112 valence electrons. The van der Waals surface area contributed by atoms with Crippen LogP contribution >= 0.6 is 0 Å². The van der Waals surface area contributed by atoms with Gasteiger partial charge >= 0.3 is 12.0 Å². The number of hydrogen-bond donors (Lipinski definition) is 2. The lowest BCUT2D eigenvalue weighted by atomic mass is 10.0. The van der Waals surface area contributed by atoms with Gasteiger partial charge in [-0.3, -0.25) is 0 Å². The lowest BCUT2D eigenvalue weighted by Gasteiger charge is -2.27. The van der Waals surface area contributed by atoms with E-state index in [-0.39, 0.29) is 24.1 Å². The monoisotopic (exact) mass is 282 g/mol. The first-order valence-corrected chi connectivity index (χ1v) is 7.49. The minimum absolute atomic E-state index is 0.0114. The van der Waals surface area contributed by atoms with Crippen LogP contribution in [0.5, 0.6) is 0 Å². The second-order valence-corrected chi connectivity index (χ2v) is 6.26. The van der Waals surface area contributed by atoms with Crippen molar-refractivity contribution in [3.63, 3.8) is 0 Å². The average Bonchev–Trinajstić information content (AvgIpc) is 3.00. The molecule has 20 heavy (non-hydrogen) atoms. The van der Waals surface area contributed by atoms with Crippen molar-refractivity contribution < 1.29 is 19.4 Å². The van der Waals surface area contributed by atoms with Crippen LogP contribution in [0.3, 0.4) is 0 Å². The highest BCUT2D eigenvalue weighted by atomic mass is 16.5. The Bertz CT molecular complexity index is 410. The molecule has 2 saturated heterocycles. The summed E-state index contributed by atoms with van der Waals surface area (Å²) in [6.07, 6.45) is 4.05. The number of carboxylic acids is 1. The first-order chi connectivity index (χ1) is 9.58. The van der Waals surface area contributed by atoms with Crippen molar-refractivity contribution in [1.82, 2.24) is 10.2 Å². The molecule has 4 atom stereocenters. The molecule has 1 aliphatic carbocycles. The third-order valence-corrected chi connectivity index (χ3v) is 4.75. The number of nitrogens with one attached hydrogen (secondary N) is 1. The van der Waals surface area contributed by atoms with E-state index >= 15 is 0 Å². The first-order valence-electron chi connectivity index (χ1n) is 7.49. The van der Waals surface area contributed by atoms with Gasteiger partial charge in [0.2, 0.25) is 0 Å². The Morgan fingerprint density at radius 3 is 2.65 bits per heavy atom. The van der Waals surface area contributed by atoms with Gasteiger partial charge in [-0.1, -0.05) is 6.92 Å². The summed E-state index contributed by atoms with van der Waals surface area (Å²) in [6, 6.07) is -0.903. The van der Waals surface area contributed by atoms with Crippen molar-refractivity contribution in [3.8, 4) is 0 Å². The van der Waals surface area contributed by atoms with E-state index in [2.05, 4.69) is 5.32 Å². The molecule has 2 heterocycles. The molecule has 2 amide bonds. The molecule has 6 heteroatoms. The molecule has 1 saturated carbocycles. The van der Waals surface area contributed by atoms with E-state index in [0.29, 0.717) is 19.1 Å². The van der Waals surface area contributed by atoms with Gasteiger partial charge in [0.15, 0.2) is 0 Å². The van der Waals surface area contributed by atoms with Gasteiger partial charge in [0, 0.05) is 13.2 Å². The summed E-state index contributed by atoms with van der Waals surface area (Å²) in [5.74, 6) is -0.320. The summed E-state index contributed by atoms with van der Waals surface area (Å²) in [6.45, 7) is 3.09. The number of likely N-dealkylation sites (tertiary alicyclic amines) is 1.